The summed E-state index contributed by atoms with van der Waals surface area (Å²) >= 11 is 0. The first kappa shape index (κ1) is 11.7. The molecule has 0 aliphatic carbocycles. The van der Waals surface area contributed by atoms with Gasteiger partial charge in [-0.3, -0.25) is 4.79 Å². The van der Waals surface area contributed by atoms with Gasteiger partial charge in [0.1, 0.15) is 5.78 Å². The third-order valence-electron chi connectivity index (χ3n) is 2.87. The predicted octanol–water partition coefficient (Wildman–Crippen LogP) is 2.67. The fourth-order valence-corrected chi connectivity index (χ4v) is 1.92. The Morgan fingerprint density at radius 2 is 1.21 bits per heavy atom. The first-order valence-corrected chi connectivity index (χ1v) is 6.12. The van der Waals surface area contributed by atoms with Gasteiger partial charge in [-0.2, -0.15) is 0 Å². The molecular formula is C12H23NO. The van der Waals surface area contributed by atoms with Gasteiger partial charge in [-0.15, -0.1) is 0 Å². The summed E-state index contributed by atoms with van der Waals surface area (Å²) in [5.74, 6) is 0.484. The van der Waals surface area contributed by atoms with Gasteiger partial charge in [-0.25, -0.2) is 0 Å². The maximum Gasteiger partial charge on any atom is 0.132 e. The molecule has 1 rings (SSSR count). The van der Waals surface area contributed by atoms with Crippen LogP contribution >= 0.6 is 0 Å². The molecule has 14 heavy (non-hydrogen) atoms. The Morgan fingerprint density at radius 3 is 1.86 bits per heavy atom. The molecular weight excluding hydrogens is 174 g/mol. The van der Waals surface area contributed by atoms with Crippen molar-refractivity contribution in [3.63, 3.8) is 0 Å². The fourth-order valence-electron chi connectivity index (χ4n) is 1.92. The molecule has 0 amide bonds. The number of carbonyl (C=O) groups excluding carboxylic acids is 1. The van der Waals surface area contributed by atoms with Crippen LogP contribution in [0.1, 0.15) is 57.8 Å². The van der Waals surface area contributed by atoms with E-state index in [0.717, 1.165) is 38.8 Å². The molecule has 2 heteroatoms. The second-order valence-electron chi connectivity index (χ2n) is 4.26. The van der Waals surface area contributed by atoms with E-state index in [1.165, 1.54) is 32.1 Å². The van der Waals surface area contributed by atoms with Crippen LogP contribution in [0.15, 0.2) is 0 Å². The van der Waals surface area contributed by atoms with Crippen molar-refractivity contribution in [3.8, 4) is 0 Å². The van der Waals surface area contributed by atoms with Gasteiger partial charge in [0.2, 0.25) is 0 Å². The van der Waals surface area contributed by atoms with E-state index in [2.05, 4.69) is 5.32 Å². The lowest BCUT2D eigenvalue weighted by Crippen LogP contribution is -2.16. The fraction of sp³-hybridized carbons (Fsp3) is 0.917. The predicted molar refractivity (Wildman–Crippen MR) is 59.4 cm³/mol. The van der Waals surface area contributed by atoms with E-state index in [-0.39, 0.29) is 0 Å². The molecule has 0 bridgehead atoms. The van der Waals surface area contributed by atoms with E-state index >= 15 is 0 Å². The largest absolute Gasteiger partial charge is 0.317 e. The molecule has 0 saturated carbocycles. The molecule has 0 aromatic carbocycles. The number of carbonyl (C=O) groups is 1. The number of Topliss-reactive ketones (excluding diaryl/α,β-unsaturated/α-hetero) is 1. The van der Waals surface area contributed by atoms with Crippen LogP contribution in [0.5, 0.6) is 0 Å². The van der Waals surface area contributed by atoms with E-state index in [1.807, 2.05) is 0 Å². The summed E-state index contributed by atoms with van der Waals surface area (Å²) < 4.78 is 0. The van der Waals surface area contributed by atoms with Crippen LogP contribution < -0.4 is 5.32 Å². The van der Waals surface area contributed by atoms with Gasteiger partial charge >= 0.3 is 0 Å². The van der Waals surface area contributed by atoms with Crippen molar-refractivity contribution in [2.75, 3.05) is 13.1 Å². The Morgan fingerprint density at radius 1 is 0.714 bits per heavy atom. The van der Waals surface area contributed by atoms with Crippen molar-refractivity contribution in [2.45, 2.75) is 57.8 Å². The average molecular weight is 197 g/mol. The van der Waals surface area contributed by atoms with Crippen LogP contribution in [0.2, 0.25) is 0 Å². The van der Waals surface area contributed by atoms with Crippen molar-refractivity contribution in [3.05, 3.63) is 0 Å². The number of ketones is 1. The average Bonchev–Trinajstić information content (AvgIpc) is 2.20. The second-order valence-corrected chi connectivity index (χ2v) is 4.26. The molecule has 0 aromatic heterocycles. The molecule has 1 N–H and O–H groups in total. The van der Waals surface area contributed by atoms with Crippen LogP contribution in [-0.2, 0) is 4.79 Å². The molecule has 82 valence electrons. The Kier molecular flexibility index (Phi) is 6.67. The summed E-state index contributed by atoms with van der Waals surface area (Å²) in [6.45, 7) is 2.29. The molecule has 1 saturated heterocycles. The normalized spacial score (nSPS) is 23.3. The number of hydrogen-bond donors (Lipinski definition) is 1. The number of hydrogen-bond acceptors (Lipinski definition) is 2. The third kappa shape index (κ3) is 6.14. The maximum atomic E-state index is 11.4. The summed E-state index contributed by atoms with van der Waals surface area (Å²) in [6.07, 6.45) is 10.1. The van der Waals surface area contributed by atoms with Gasteiger partial charge in [-0.1, -0.05) is 19.3 Å². The minimum Gasteiger partial charge on any atom is -0.317 e. The Balaban J connectivity index is 2.15. The van der Waals surface area contributed by atoms with Crippen LogP contribution in [0.25, 0.3) is 0 Å². The SMILES string of the molecule is O=C1CCCCCCNCCCCC1. The highest BCUT2D eigenvalue weighted by atomic mass is 16.1. The lowest BCUT2D eigenvalue weighted by molar-refractivity contribution is -0.119. The molecule has 1 aliphatic heterocycles. The highest BCUT2D eigenvalue weighted by molar-refractivity contribution is 5.78. The molecule has 0 radical (unpaired) electrons. The van der Waals surface area contributed by atoms with Gasteiger partial charge in [0, 0.05) is 12.8 Å². The number of rotatable bonds is 0. The smallest absolute Gasteiger partial charge is 0.132 e. The number of nitrogens with one attached hydrogen (secondary N) is 1. The Hall–Kier alpha value is -0.370. The zero-order chi connectivity index (χ0) is 10.1. The van der Waals surface area contributed by atoms with Crippen LogP contribution in [0.3, 0.4) is 0 Å². The van der Waals surface area contributed by atoms with E-state index in [1.54, 1.807) is 0 Å². The Labute approximate surface area is 87.5 Å². The standard InChI is InChI=1S/C12H23NO/c14-12-8-4-1-2-6-10-13-11-7-3-5-9-12/h13H,1-11H2. The first-order valence-electron chi connectivity index (χ1n) is 6.12. The van der Waals surface area contributed by atoms with E-state index in [0.29, 0.717) is 5.78 Å². The van der Waals surface area contributed by atoms with Gasteiger partial charge < -0.3 is 5.32 Å². The van der Waals surface area contributed by atoms with Crippen molar-refractivity contribution in [1.29, 1.82) is 0 Å². The van der Waals surface area contributed by atoms with Crippen molar-refractivity contribution >= 4 is 5.78 Å². The molecule has 0 atom stereocenters. The highest BCUT2D eigenvalue weighted by Crippen LogP contribution is 2.08. The first-order chi connectivity index (χ1) is 6.89. The highest BCUT2D eigenvalue weighted by Gasteiger charge is 2.02. The van der Waals surface area contributed by atoms with Gasteiger partial charge in [0.25, 0.3) is 0 Å². The van der Waals surface area contributed by atoms with Crippen molar-refractivity contribution < 1.29 is 4.79 Å². The zero-order valence-electron chi connectivity index (χ0n) is 9.19. The van der Waals surface area contributed by atoms with Crippen LogP contribution in [0.4, 0.5) is 0 Å². The molecule has 1 aliphatic rings. The maximum absolute atomic E-state index is 11.4. The molecule has 0 spiro atoms. The van der Waals surface area contributed by atoms with E-state index < -0.39 is 0 Å². The molecule has 0 unspecified atom stereocenters. The monoisotopic (exact) mass is 197 g/mol. The molecule has 2 nitrogen and oxygen atoms in total. The van der Waals surface area contributed by atoms with Crippen LogP contribution in [-0.4, -0.2) is 18.9 Å². The summed E-state index contributed by atoms with van der Waals surface area (Å²) in [4.78, 5) is 11.4. The quantitative estimate of drug-likeness (QED) is 0.647. The summed E-state index contributed by atoms with van der Waals surface area (Å²) in [7, 11) is 0. The van der Waals surface area contributed by atoms with Crippen LogP contribution in [0, 0.1) is 0 Å². The molecule has 1 fully saturated rings. The topological polar surface area (TPSA) is 29.1 Å². The summed E-state index contributed by atoms with van der Waals surface area (Å²) in [5.41, 5.74) is 0. The zero-order valence-corrected chi connectivity index (χ0v) is 9.19. The van der Waals surface area contributed by atoms with Gasteiger partial charge in [-0.05, 0) is 38.8 Å². The summed E-state index contributed by atoms with van der Waals surface area (Å²) in [6, 6.07) is 0. The molecule has 1 heterocycles. The lowest BCUT2D eigenvalue weighted by atomic mass is 10.1. The minimum absolute atomic E-state index is 0.484. The van der Waals surface area contributed by atoms with E-state index in [4.69, 9.17) is 0 Å². The Bertz CT molecular complexity index is 140. The minimum atomic E-state index is 0.484. The van der Waals surface area contributed by atoms with E-state index in [9.17, 15) is 4.79 Å². The van der Waals surface area contributed by atoms with Crippen molar-refractivity contribution in [2.24, 2.45) is 0 Å². The van der Waals surface area contributed by atoms with Gasteiger partial charge in [0.05, 0.1) is 0 Å². The molecule has 0 aromatic rings. The third-order valence-corrected chi connectivity index (χ3v) is 2.87. The summed E-state index contributed by atoms with van der Waals surface area (Å²) in [5, 5.41) is 3.45. The van der Waals surface area contributed by atoms with Crippen molar-refractivity contribution in [1.82, 2.24) is 5.32 Å². The second kappa shape index (κ2) is 7.98. The van der Waals surface area contributed by atoms with Gasteiger partial charge in [0.15, 0.2) is 0 Å². The lowest BCUT2D eigenvalue weighted by Gasteiger charge is -2.02.